The number of ketones is 1. The molecule has 1 aliphatic heterocycles. The summed E-state index contributed by atoms with van der Waals surface area (Å²) in [4.78, 5) is 24.5. The summed E-state index contributed by atoms with van der Waals surface area (Å²) in [6.45, 7) is 1.72. The van der Waals surface area contributed by atoms with E-state index in [2.05, 4.69) is 15.0 Å². The van der Waals surface area contributed by atoms with Gasteiger partial charge in [0.05, 0.1) is 16.1 Å². The second kappa shape index (κ2) is 9.08. The van der Waals surface area contributed by atoms with Gasteiger partial charge in [0.2, 0.25) is 10.0 Å². The van der Waals surface area contributed by atoms with Crippen LogP contribution >= 0.6 is 0 Å². The van der Waals surface area contributed by atoms with E-state index in [1.165, 1.54) is 12.4 Å². The first-order chi connectivity index (χ1) is 16.4. The van der Waals surface area contributed by atoms with Crippen LogP contribution in [0.2, 0.25) is 0 Å². The predicted molar refractivity (Wildman–Crippen MR) is 117 cm³/mol. The number of rotatable bonds is 7. The second-order valence-corrected chi connectivity index (χ2v) is 10.2. The fraction of sp³-hybridized carbons (Fsp3) is 0.304. The van der Waals surface area contributed by atoms with Gasteiger partial charge in [-0.25, -0.2) is 22.8 Å². The average Bonchev–Trinajstić information content (AvgIpc) is 2.81. The molecule has 4 rings (SSSR count). The molecule has 1 fully saturated rings. The molecule has 1 atom stereocenters. The van der Waals surface area contributed by atoms with Crippen molar-refractivity contribution < 1.29 is 30.8 Å². The van der Waals surface area contributed by atoms with Gasteiger partial charge in [-0.1, -0.05) is 0 Å². The Morgan fingerprint density at radius 2 is 1.80 bits per heavy atom. The van der Waals surface area contributed by atoms with E-state index < -0.39 is 33.2 Å². The normalized spacial score (nSPS) is 18.8. The van der Waals surface area contributed by atoms with Crippen LogP contribution < -0.4 is 0 Å². The van der Waals surface area contributed by atoms with Crippen molar-refractivity contribution in [3.63, 3.8) is 0 Å². The smallest absolute Gasteiger partial charge is 0.298 e. The van der Waals surface area contributed by atoms with E-state index in [9.17, 15) is 30.8 Å². The van der Waals surface area contributed by atoms with Crippen molar-refractivity contribution in [1.29, 1.82) is 0 Å². The van der Waals surface area contributed by atoms with Gasteiger partial charge in [-0.2, -0.15) is 17.5 Å². The third-order valence-corrected chi connectivity index (χ3v) is 8.07. The van der Waals surface area contributed by atoms with Gasteiger partial charge in [0.1, 0.15) is 17.8 Å². The summed E-state index contributed by atoms with van der Waals surface area (Å²) in [6.07, 6.45) is -1.73. The molecule has 1 saturated heterocycles. The largest absolute Gasteiger partial charge is 0.433 e. The summed E-state index contributed by atoms with van der Waals surface area (Å²) >= 11 is 0. The van der Waals surface area contributed by atoms with Crippen molar-refractivity contribution in [2.75, 3.05) is 6.54 Å². The molecule has 1 aromatic carbocycles. The molecule has 0 radical (unpaired) electrons. The van der Waals surface area contributed by atoms with Gasteiger partial charge in [0, 0.05) is 30.4 Å². The first-order valence-corrected chi connectivity index (χ1v) is 12.0. The summed E-state index contributed by atoms with van der Waals surface area (Å²) in [6, 6.07) is 8.07. The predicted octanol–water partition coefficient (Wildman–Crippen LogP) is 4.05. The van der Waals surface area contributed by atoms with Gasteiger partial charge < -0.3 is 0 Å². The van der Waals surface area contributed by atoms with E-state index in [1.807, 2.05) is 0 Å². The molecule has 35 heavy (non-hydrogen) atoms. The minimum atomic E-state index is -4.55. The summed E-state index contributed by atoms with van der Waals surface area (Å²) in [5, 5.41) is 0. The van der Waals surface area contributed by atoms with E-state index in [1.54, 1.807) is 13.0 Å². The van der Waals surface area contributed by atoms with Gasteiger partial charge in [0.15, 0.2) is 5.78 Å². The first kappa shape index (κ1) is 24.9. The molecule has 0 amide bonds. The van der Waals surface area contributed by atoms with Crippen LogP contribution in [0.1, 0.15) is 31.2 Å². The number of hydrogen-bond donors (Lipinski definition) is 0. The number of aryl methyl sites for hydroxylation is 1. The van der Waals surface area contributed by atoms with E-state index in [0.29, 0.717) is 23.4 Å². The second-order valence-electron chi connectivity index (χ2n) is 8.30. The fourth-order valence-electron chi connectivity index (χ4n) is 3.85. The lowest BCUT2D eigenvalue weighted by molar-refractivity contribution is -0.141. The molecule has 0 bridgehead atoms. The lowest BCUT2D eigenvalue weighted by Crippen LogP contribution is -2.64. The lowest BCUT2D eigenvalue weighted by Gasteiger charge is -2.48. The molecule has 12 heteroatoms. The Morgan fingerprint density at radius 1 is 1.09 bits per heavy atom. The van der Waals surface area contributed by atoms with Crippen LogP contribution in [0.5, 0.6) is 0 Å². The Balaban J connectivity index is 1.45. The minimum absolute atomic E-state index is 0.00630. The Labute approximate surface area is 198 Å². The number of carbonyl (C=O) groups excluding carboxylic acids is 1. The van der Waals surface area contributed by atoms with Crippen molar-refractivity contribution in [3.8, 4) is 11.3 Å². The SMILES string of the molecule is C[C@@]1(C(=O)CCc2cc(-c3ccc(C(F)(F)F)nc3)ncn2)CCN1S(=O)(=O)c1ccc(F)cc1. The van der Waals surface area contributed by atoms with Gasteiger partial charge in [-0.05, 0) is 62.2 Å². The van der Waals surface area contributed by atoms with Gasteiger partial charge in [-0.15, -0.1) is 0 Å². The third-order valence-electron chi connectivity index (χ3n) is 6.04. The van der Waals surface area contributed by atoms with Gasteiger partial charge >= 0.3 is 6.18 Å². The number of halogens is 4. The lowest BCUT2D eigenvalue weighted by atomic mass is 9.83. The quantitative estimate of drug-likeness (QED) is 0.447. The van der Waals surface area contributed by atoms with E-state index in [-0.39, 0.29) is 30.1 Å². The Morgan fingerprint density at radius 3 is 2.37 bits per heavy atom. The summed E-state index contributed by atoms with van der Waals surface area (Å²) in [5.74, 6) is -0.867. The van der Waals surface area contributed by atoms with Crippen molar-refractivity contribution in [1.82, 2.24) is 19.3 Å². The highest BCUT2D eigenvalue weighted by molar-refractivity contribution is 7.89. The summed E-state index contributed by atoms with van der Waals surface area (Å²) in [7, 11) is -3.98. The van der Waals surface area contributed by atoms with Crippen molar-refractivity contribution >= 4 is 15.8 Å². The number of alkyl halides is 3. The van der Waals surface area contributed by atoms with Crippen LogP contribution in [0.25, 0.3) is 11.3 Å². The number of pyridine rings is 1. The first-order valence-electron chi connectivity index (χ1n) is 10.6. The third kappa shape index (κ3) is 4.94. The molecule has 0 aliphatic carbocycles. The average molecular weight is 508 g/mol. The Kier molecular flexibility index (Phi) is 6.45. The van der Waals surface area contributed by atoms with Crippen LogP contribution in [-0.2, 0) is 27.4 Å². The van der Waals surface area contributed by atoms with Gasteiger partial charge in [-0.3, -0.25) is 9.78 Å². The monoisotopic (exact) mass is 508 g/mol. The number of aromatic nitrogens is 3. The molecular formula is C23H20F4N4O3S. The highest BCUT2D eigenvalue weighted by atomic mass is 32.2. The number of sulfonamides is 1. The van der Waals surface area contributed by atoms with Gasteiger partial charge in [0.25, 0.3) is 0 Å². The molecule has 0 N–H and O–H groups in total. The Bertz CT molecular complexity index is 1350. The molecule has 3 aromatic rings. The van der Waals surface area contributed by atoms with Crippen LogP contribution in [0.15, 0.2) is 59.9 Å². The molecule has 0 unspecified atom stereocenters. The maximum atomic E-state index is 13.2. The molecule has 2 aromatic heterocycles. The highest BCUT2D eigenvalue weighted by Gasteiger charge is 2.52. The molecule has 0 spiro atoms. The van der Waals surface area contributed by atoms with Crippen LogP contribution in [0.4, 0.5) is 17.6 Å². The number of carbonyl (C=O) groups is 1. The van der Waals surface area contributed by atoms with E-state index in [4.69, 9.17) is 0 Å². The molecule has 3 heterocycles. The molecule has 0 saturated carbocycles. The zero-order chi connectivity index (χ0) is 25.4. The van der Waals surface area contributed by atoms with E-state index in [0.717, 1.165) is 40.8 Å². The number of hydrogen-bond acceptors (Lipinski definition) is 6. The molecule has 7 nitrogen and oxygen atoms in total. The van der Waals surface area contributed by atoms with E-state index >= 15 is 0 Å². The van der Waals surface area contributed by atoms with Crippen LogP contribution in [0.3, 0.4) is 0 Å². The maximum absolute atomic E-state index is 13.2. The number of nitrogens with zero attached hydrogens (tertiary/aromatic N) is 4. The standard InChI is InChI=1S/C23H20F4N4O3S/c1-22(10-11-31(22)35(33,34)18-6-3-16(24)4-7-18)21(32)9-5-17-12-19(30-14-29-17)15-2-8-20(28-13-15)23(25,26)27/h2-4,6-8,12-14H,5,9-11H2,1H3/t22-/m0/s1. The fourth-order valence-corrected chi connectivity index (χ4v) is 5.64. The highest BCUT2D eigenvalue weighted by Crippen LogP contribution is 2.38. The number of benzene rings is 1. The summed E-state index contributed by atoms with van der Waals surface area (Å²) < 4.78 is 78.4. The van der Waals surface area contributed by atoms with Crippen molar-refractivity contribution in [3.05, 3.63) is 72.2 Å². The van der Waals surface area contributed by atoms with Crippen LogP contribution in [-0.4, -0.2) is 45.5 Å². The molecule has 184 valence electrons. The van der Waals surface area contributed by atoms with Crippen molar-refractivity contribution in [2.24, 2.45) is 0 Å². The van der Waals surface area contributed by atoms with Crippen LogP contribution in [0, 0.1) is 5.82 Å². The zero-order valence-corrected chi connectivity index (χ0v) is 19.3. The molecular weight excluding hydrogens is 488 g/mol. The van der Waals surface area contributed by atoms with Crippen molar-refractivity contribution in [2.45, 2.75) is 42.8 Å². The Hall–Kier alpha value is -3.25. The maximum Gasteiger partial charge on any atom is 0.433 e. The molecule has 1 aliphatic rings. The summed E-state index contributed by atoms with van der Waals surface area (Å²) in [5.41, 5.74) is -1.08. The zero-order valence-electron chi connectivity index (χ0n) is 18.5. The minimum Gasteiger partial charge on any atom is -0.298 e. The number of Topliss-reactive ketones (excluding diaryl/α,β-unsaturated/α-hetero) is 1. The topological polar surface area (TPSA) is 93.1 Å².